The average molecular weight is 843 g/mol. The second-order valence-corrected chi connectivity index (χ2v) is 17.1. The number of unbranched alkanes of at least 4 members (excludes halogenated alkanes) is 8. The van der Waals surface area contributed by atoms with Crippen LogP contribution in [0.15, 0.2) is 109 Å². The highest BCUT2D eigenvalue weighted by Crippen LogP contribution is 2.43. The Bertz CT molecular complexity index is 1300. The highest BCUT2D eigenvalue weighted by molar-refractivity contribution is 7.47. The van der Waals surface area contributed by atoms with Gasteiger partial charge in [0.25, 0.3) is 0 Å². The molecule has 9 heteroatoms. The maximum Gasteiger partial charge on any atom is 0.472 e. The minimum Gasteiger partial charge on any atom is -0.457 e. The summed E-state index contributed by atoms with van der Waals surface area (Å²) in [6.07, 6.45) is 58.7. The number of phosphoric acid groups is 1. The van der Waals surface area contributed by atoms with Crippen molar-refractivity contribution in [1.29, 1.82) is 0 Å². The van der Waals surface area contributed by atoms with Gasteiger partial charge < -0.3 is 18.9 Å². The van der Waals surface area contributed by atoms with Gasteiger partial charge in [0.15, 0.2) is 0 Å². The van der Waals surface area contributed by atoms with E-state index in [4.69, 9.17) is 18.5 Å². The summed E-state index contributed by atoms with van der Waals surface area (Å²) in [5, 5.41) is 0. The zero-order chi connectivity index (χ0) is 43.4. The number of carbonyl (C=O) groups is 1. The third kappa shape index (κ3) is 46.1. The van der Waals surface area contributed by atoms with Crippen molar-refractivity contribution in [2.45, 2.75) is 148 Å². The molecule has 59 heavy (non-hydrogen) atoms. The van der Waals surface area contributed by atoms with Gasteiger partial charge >= 0.3 is 13.8 Å². The molecule has 0 aromatic carbocycles. The van der Waals surface area contributed by atoms with E-state index in [0.717, 1.165) is 83.5 Å². The van der Waals surface area contributed by atoms with Gasteiger partial charge in [-0.05, 0) is 83.5 Å². The lowest BCUT2D eigenvalue weighted by Gasteiger charge is -2.24. The molecule has 0 aliphatic rings. The summed E-state index contributed by atoms with van der Waals surface area (Å²) in [6.45, 7) is 5.23. The molecule has 336 valence electrons. The number of phosphoric ester groups is 1. The summed E-state index contributed by atoms with van der Waals surface area (Å²) in [6, 6.07) is 0. The van der Waals surface area contributed by atoms with Crippen LogP contribution in [0.2, 0.25) is 0 Å². The summed E-state index contributed by atoms with van der Waals surface area (Å²) in [5.41, 5.74) is 0. The van der Waals surface area contributed by atoms with Crippen LogP contribution in [0, 0.1) is 0 Å². The molecule has 0 saturated carbocycles. The highest BCUT2D eigenvalue weighted by atomic mass is 31.2. The number of rotatable bonds is 40. The molecule has 0 aliphatic carbocycles. The topological polar surface area (TPSA) is 91.3 Å². The average Bonchev–Trinajstić information content (AvgIpc) is 3.19. The largest absolute Gasteiger partial charge is 0.472 e. The van der Waals surface area contributed by atoms with E-state index in [2.05, 4.69) is 111 Å². The van der Waals surface area contributed by atoms with Crippen molar-refractivity contribution in [2.24, 2.45) is 0 Å². The molecule has 0 bridgehead atoms. The highest BCUT2D eigenvalue weighted by Gasteiger charge is 2.26. The van der Waals surface area contributed by atoms with Crippen LogP contribution in [0.25, 0.3) is 0 Å². The summed E-state index contributed by atoms with van der Waals surface area (Å²) in [5.74, 6) is -0.402. The molecular weight excluding hydrogens is 758 g/mol. The van der Waals surface area contributed by atoms with Gasteiger partial charge in [-0.1, -0.05) is 162 Å². The molecule has 2 unspecified atom stereocenters. The van der Waals surface area contributed by atoms with Gasteiger partial charge in [0, 0.05) is 13.0 Å². The van der Waals surface area contributed by atoms with Gasteiger partial charge in [0.05, 0.1) is 34.4 Å². The fraction of sp³-hybridized carbons (Fsp3) is 0.620. The van der Waals surface area contributed by atoms with Gasteiger partial charge in [0.2, 0.25) is 0 Å². The molecule has 0 radical (unpaired) electrons. The summed E-state index contributed by atoms with van der Waals surface area (Å²) in [4.78, 5) is 22.8. The molecule has 2 atom stereocenters. The van der Waals surface area contributed by atoms with Crippen molar-refractivity contribution in [3.8, 4) is 0 Å². The molecule has 0 saturated heterocycles. The molecule has 0 spiro atoms. The van der Waals surface area contributed by atoms with Crippen molar-refractivity contribution < 1.29 is 37.3 Å². The number of esters is 1. The first-order valence-electron chi connectivity index (χ1n) is 22.6. The van der Waals surface area contributed by atoms with E-state index in [-0.39, 0.29) is 26.2 Å². The predicted octanol–water partition coefficient (Wildman–Crippen LogP) is 13.6. The Morgan fingerprint density at radius 3 is 1.39 bits per heavy atom. The van der Waals surface area contributed by atoms with Gasteiger partial charge in [-0.25, -0.2) is 4.57 Å². The Morgan fingerprint density at radius 1 is 0.525 bits per heavy atom. The quantitative estimate of drug-likeness (QED) is 0.0216. The molecule has 0 aromatic rings. The van der Waals surface area contributed by atoms with Crippen LogP contribution < -0.4 is 0 Å². The molecule has 0 fully saturated rings. The minimum atomic E-state index is -4.30. The van der Waals surface area contributed by atoms with Crippen LogP contribution in [-0.2, 0) is 27.9 Å². The second kappa shape index (κ2) is 41.9. The van der Waals surface area contributed by atoms with Crippen molar-refractivity contribution in [1.82, 2.24) is 0 Å². The minimum absolute atomic E-state index is 0.0677. The molecule has 8 nitrogen and oxygen atoms in total. The van der Waals surface area contributed by atoms with Gasteiger partial charge in [-0.15, -0.1) is 0 Å². The van der Waals surface area contributed by atoms with E-state index in [1.54, 1.807) is 0 Å². The molecule has 0 rings (SSSR count). The molecule has 0 aromatic heterocycles. The summed E-state index contributed by atoms with van der Waals surface area (Å²) >= 11 is 0. The van der Waals surface area contributed by atoms with Crippen molar-refractivity contribution in [3.05, 3.63) is 109 Å². The Labute approximate surface area is 361 Å². The summed E-state index contributed by atoms with van der Waals surface area (Å²) < 4.78 is 34.9. The van der Waals surface area contributed by atoms with Crippen LogP contribution in [0.4, 0.5) is 0 Å². The molecular formula is C50H85NO7P+. The smallest absolute Gasteiger partial charge is 0.457 e. The van der Waals surface area contributed by atoms with Crippen molar-refractivity contribution in [2.75, 3.05) is 54.1 Å². The number of carbonyl (C=O) groups excluding carboxylic acids is 1. The molecule has 0 heterocycles. The Hall–Kier alpha value is -2.84. The van der Waals surface area contributed by atoms with E-state index in [1.165, 1.54) is 32.1 Å². The van der Waals surface area contributed by atoms with E-state index < -0.39 is 19.9 Å². The van der Waals surface area contributed by atoms with E-state index in [0.29, 0.717) is 24.1 Å². The lowest BCUT2D eigenvalue weighted by atomic mass is 10.1. The lowest BCUT2D eigenvalue weighted by molar-refractivity contribution is -0.870. The fourth-order valence-electron chi connectivity index (χ4n) is 5.41. The van der Waals surface area contributed by atoms with Crippen LogP contribution >= 0.6 is 7.82 Å². The first kappa shape index (κ1) is 56.2. The first-order chi connectivity index (χ1) is 28.6. The SMILES string of the molecule is CC/C=C\C/C=C\C/C=C\C/C=C\C/C=C\CCCCCCCCCCOCC(COP(=O)(O)OCC[N+](C)(C)C)OC(=O)CC/C=C\C/C=C\C/C=C\C/C=C\CC. The molecule has 0 amide bonds. The first-order valence-corrected chi connectivity index (χ1v) is 24.1. The van der Waals surface area contributed by atoms with Crippen LogP contribution in [0.5, 0.6) is 0 Å². The van der Waals surface area contributed by atoms with Crippen molar-refractivity contribution in [3.63, 3.8) is 0 Å². The number of hydrogen-bond acceptors (Lipinski definition) is 6. The summed E-state index contributed by atoms with van der Waals surface area (Å²) in [7, 11) is 1.60. The zero-order valence-electron chi connectivity index (χ0n) is 37.9. The number of allylic oxidation sites excluding steroid dienone is 18. The van der Waals surface area contributed by atoms with Gasteiger partial charge in [-0.2, -0.15) is 0 Å². The van der Waals surface area contributed by atoms with Crippen LogP contribution in [-0.4, -0.2) is 75.6 Å². The zero-order valence-corrected chi connectivity index (χ0v) is 38.8. The standard InChI is InChI=1S/C50H84NO7P/c1-6-8-10-12-14-16-18-20-21-22-23-24-25-26-27-28-29-30-32-34-36-38-40-42-45-55-47-49(48-57-59(53,54)56-46-44-51(3,4)5)58-50(52)43-41-39-37-35-33-31-19-17-15-13-11-9-7-2/h8-11,14-17,20-21,23-24,26-27,31,33,37,39,49H,6-7,12-13,18-19,22,25,28-30,32,34-36,38,40-48H2,1-5H3/p+1/b10-8-,11-9-,16-14-,17-15-,21-20-,24-23-,27-26-,33-31-,39-37-. The maximum atomic E-state index is 12.6. The normalized spacial score (nSPS) is 14.7. The monoisotopic (exact) mass is 843 g/mol. The van der Waals surface area contributed by atoms with E-state index in [9.17, 15) is 14.3 Å². The second-order valence-electron chi connectivity index (χ2n) is 15.7. The predicted molar refractivity (Wildman–Crippen MR) is 251 cm³/mol. The number of nitrogens with zero attached hydrogens (tertiary/aromatic N) is 1. The molecule has 1 N–H and O–H groups in total. The third-order valence-electron chi connectivity index (χ3n) is 8.84. The van der Waals surface area contributed by atoms with E-state index in [1.807, 2.05) is 33.3 Å². The van der Waals surface area contributed by atoms with E-state index >= 15 is 0 Å². The van der Waals surface area contributed by atoms with Gasteiger partial charge in [-0.3, -0.25) is 13.8 Å². The molecule has 0 aliphatic heterocycles. The Kier molecular flexibility index (Phi) is 39.9. The van der Waals surface area contributed by atoms with Crippen LogP contribution in [0.3, 0.4) is 0 Å². The fourth-order valence-corrected chi connectivity index (χ4v) is 6.16. The Morgan fingerprint density at radius 2 is 0.932 bits per heavy atom. The number of likely N-dealkylation sites (N-methyl/N-ethyl adjacent to an activating group) is 1. The number of hydrogen-bond donors (Lipinski definition) is 1. The van der Waals surface area contributed by atoms with Crippen molar-refractivity contribution >= 4 is 13.8 Å². The Balaban J connectivity index is 4.27. The third-order valence-corrected chi connectivity index (χ3v) is 9.83. The van der Waals surface area contributed by atoms with Gasteiger partial charge in [0.1, 0.15) is 19.3 Å². The maximum absolute atomic E-state index is 12.6. The number of ether oxygens (including phenoxy) is 2. The number of quaternary nitrogens is 1. The lowest BCUT2D eigenvalue weighted by Crippen LogP contribution is -2.37. The van der Waals surface area contributed by atoms with Crippen LogP contribution in [0.1, 0.15) is 142 Å².